The van der Waals surface area contributed by atoms with Crippen LogP contribution in [0.2, 0.25) is 0 Å². The lowest BCUT2D eigenvalue weighted by Crippen LogP contribution is -2.46. The smallest absolute Gasteiger partial charge is 0.326 e. The van der Waals surface area contributed by atoms with Crippen molar-refractivity contribution in [3.8, 4) is 0 Å². The zero-order chi connectivity index (χ0) is 17.4. The molecular formula is C16H23N3O4. The van der Waals surface area contributed by atoms with Gasteiger partial charge in [0.1, 0.15) is 6.04 Å². The summed E-state index contributed by atoms with van der Waals surface area (Å²) in [6.07, 6.45) is 0.330. The lowest BCUT2D eigenvalue weighted by Gasteiger charge is -2.16. The first-order valence-electron chi connectivity index (χ1n) is 7.41. The number of carbonyl (C=O) groups is 3. The molecule has 0 aliphatic heterocycles. The maximum Gasteiger partial charge on any atom is 0.326 e. The fraction of sp³-hybridized carbons (Fsp3) is 0.438. The second-order valence-electron chi connectivity index (χ2n) is 5.77. The van der Waals surface area contributed by atoms with Gasteiger partial charge in [-0.15, -0.1) is 0 Å². The third-order valence-electron chi connectivity index (χ3n) is 3.03. The molecular weight excluding hydrogens is 298 g/mol. The summed E-state index contributed by atoms with van der Waals surface area (Å²) >= 11 is 0. The van der Waals surface area contributed by atoms with Crippen molar-refractivity contribution in [3.63, 3.8) is 0 Å². The molecule has 0 saturated heterocycles. The molecule has 0 fully saturated rings. The molecule has 1 rings (SSSR count). The fourth-order valence-electron chi connectivity index (χ4n) is 2.00. The molecule has 0 radical (unpaired) electrons. The van der Waals surface area contributed by atoms with Crippen LogP contribution >= 0.6 is 0 Å². The highest BCUT2D eigenvalue weighted by Gasteiger charge is 2.21. The number of hydrogen-bond acceptors (Lipinski definition) is 3. The molecule has 1 aromatic rings. The monoisotopic (exact) mass is 321 g/mol. The number of carboxylic acids is 1. The number of rotatable bonds is 7. The first-order chi connectivity index (χ1) is 10.8. The number of anilines is 1. The second kappa shape index (κ2) is 8.77. The van der Waals surface area contributed by atoms with Crippen LogP contribution in [0.5, 0.6) is 0 Å². The number of carboxylic acid groups (broad SMARTS) is 1. The number of aryl methyl sites for hydroxylation is 1. The highest BCUT2D eigenvalue weighted by molar-refractivity contribution is 5.93. The molecule has 0 aromatic heterocycles. The van der Waals surface area contributed by atoms with E-state index in [0.29, 0.717) is 12.1 Å². The molecule has 0 spiro atoms. The Hall–Kier alpha value is -2.57. The number of amides is 3. The van der Waals surface area contributed by atoms with Gasteiger partial charge in [-0.3, -0.25) is 4.79 Å². The molecule has 1 aromatic carbocycles. The van der Waals surface area contributed by atoms with Gasteiger partial charge in [0.25, 0.3) is 0 Å². The molecule has 0 aliphatic rings. The number of nitrogens with one attached hydrogen (secondary N) is 3. The van der Waals surface area contributed by atoms with Crippen LogP contribution in [0, 0.1) is 12.8 Å². The Morgan fingerprint density at radius 1 is 1.22 bits per heavy atom. The summed E-state index contributed by atoms with van der Waals surface area (Å²) in [6.45, 7) is 5.35. The molecule has 3 amide bonds. The molecule has 0 bridgehead atoms. The molecule has 0 heterocycles. The first kappa shape index (κ1) is 18.5. The van der Waals surface area contributed by atoms with Gasteiger partial charge < -0.3 is 21.1 Å². The van der Waals surface area contributed by atoms with Crippen molar-refractivity contribution >= 4 is 23.6 Å². The second-order valence-corrected chi connectivity index (χ2v) is 5.77. The minimum atomic E-state index is -1.09. The highest BCUT2D eigenvalue weighted by atomic mass is 16.4. The van der Waals surface area contributed by atoms with Gasteiger partial charge in [-0.25, -0.2) is 9.59 Å². The Kier molecular flexibility index (Phi) is 7.05. The molecule has 1 atom stereocenters. The topological polar surface area (TPSA) is 108 Å². The van der Waals surface area contributed by atoms with E-state index < -0.39 is 23.9 Å². The molecule has 126 valence electrons. The summed E-state index contributed by atoms with van der Waals surface area (Å²) in [5, 5.41) is 16.4. The van der Waals surface area contributed by atoms with Crippen LogP contribution in [-0.2, 0) is 9.59 Å². The van der Waals surface area contributed by atoms with Crippen molar-refractivity contribution in [2.75, 3.05) is 11.9 Å². The van der Waals surface area contributed by atoms with Crippen LogP contribution < -0.4 is 16.0 Å². The first-order valence-corrected chi connectivity index (χ1v) is 7.41. The minimum Gasteiger partial charge on any atom is -0.480 e. The normalized spacial score (nSPS) is 11.7. The molecule has 7 nitrogen and oxygen atoms in total. The average molecular weight is 321 g/mol. The predicted molar refractivity (Wildman–Crippen MR) is 87.2 cm³/mol. The van der Waals surface area contributed by atoms with Crippen LogP contribution in [0.1, 0.15) is 25.8 Å². The van der Waals surface area contributed by atoms with Crippen LogP contribution in [-0.4, -0.2) is 35.6 Å². The van der Waals surface area contributed by atoms with Crippen molar-refractivity contribution in [1.29, 1.82) is 0 Å². The van der Waals surface area contributed by atoms with Crippen molar-refractivity contribution in [2.45, 2.75) is 33.2 Å². The summed E-state index contributed by atoms with van der Waals surface area (Å²) in [5.41, 5.74) is 1.62. The van der Waals surface area contributed by atoms with E-state index in [9.17, 15) is 14.4 Å². The molecule has 0 unspecified atom stereocenters. The average Bonchev–Trinajstić information content (AvgIpc) is 2.44. The Bertz CT molecular complexity index is 572. The number of carbonyl (C=O) groups excluding carboxylic acids is 2. The van der Waals surface area contributed by atoms with E-state index in [1.807, 2.05) is 26.8 Å². The zero-order valence-electron chi connectivity index (χ0n) is 13.6. The third-order valence-corrected chi connectivity index (χ3v) is 3.03. The predicted octanol–water partition coefficient (Wildman–Crippen LogP) is 1.73. The van der Waals surface area contributed by atoms with Crippen LogP contribution in [0.3, 0.4) is 0 Å². The van der Waals surface area contributed by atoms with Crippen molar-refractivity contribution in [2.24, 2.45) is 5.92 Å². The van der Waals surface area contributed by atoms with Gasteiger partial charge in [-0.2, -0.15) is 0 Å². The van der Waals surface area contributed by atoms with E-state index in [1.54, 1.807) is 18.2 Å². The van der Waals surface area contributed by atoms with Gasteiger partial charge in [-0.05, 0) is 37.0 Å². The van der Waals surface area contributed by atoms with Crippen LogP contribution in [0.25, 0.3) is 0 Å². The highest BCUT2D eigenvalue weighted by Crippen LogP contribution is 2.09. The van der Waals surface area contributed by atoms with E-state index in [1.165, 1.54) is 0 Å². The van der Waals surface area contributed by atoms with E-state index in [-0.39, 0.29) is 12.5 Å². The minimum absolute atomic E-state index is 0.133. The zero-order valence-corrected chi connectivity index (χ0v) is 13.6. The number of urea groups is 1. The molecule has 7 heteroatoms. The fourth-order valence-corrected chi connectivity index (χ4v) is 2.00. The summed E-state index contributed by atoms with van der Waals surface area (Å²) in [4.78, 5) is 34.5. The molecule has 0 aliphatic carbocycles. The van der Waals surface area contributed by atoms with Crippen molar-refractivity contribution < 1.29 is 19.5 Å². The summed E-state index contributed by atoms with van der Waals surface area (Å²) < 4.78 is 0. The SMILES string of the molecule is Cc1cccc(NC(=O)NCC(=O)N[C@@H](CC(C)C)C(=O)O)c1. The van der Waals surface area contributed by atoms with Crippen LogP contribution in [0.15, 0.2) is 24.3 Å². The number of benzene rings is 1. The number of hydrogen-bond donors (Lipinski definition) is 4. The van der Waals surface area contributed by atoms with E-state index in [2.05, 4.69) is 16.0 Å². The van der Waals surface area contributed by atoms with Crippen molar-refractivity contribution in [1.82, 2.24) is 10.6 Å². The van der Waals surface area contributed by atoms with Gasteiger partial charge in [-0.1, -0.05) is 26.0 Å². The Morgan fingerprint density at radius 3 is 2.48 bits per heavy atom. The summed E-state index contributed by atoms with van der Waals surface area (Å²) in [6, 6.07) is 5.75. The lowest BCUT2D eigenvalue weighted by molar-refractivity contribution is -0.142. The van der Waals surface area contributed by atoms with Gasteiger partial charge >= 0.3 is 12.0 Å². The van der Waals surface area contributed by atoms with E-state index >= 15 is 0 Å². The van der Waals surface area contributed by atoms with Gasteiger partial charge in [0.05, 0.1) is 6.54 Å². The largest absolute Gasteiger partial charge is 0.480 e. The van der Waals surface area contributed by atoms with E-state index in [4.69, 9.17) is 5.11 Å². The van der Waals surface area contributed by atoms with E-state index in [0.717, 1.165) is 5.56 Å². The lowest BCUT2D eigenvalue weighted by atomic mass is 10.0. The molecule has 4 N–H and O–H groups in total. The number of aliphatic carboxylic acids is 1. The maximum atomic E-state index is 11.7. The summed E-state index contributed by atoms with van der Waals surface area (Å²) in [5.74, 6) is -1.50. The molecule has 0 saturated carbocycles. The maximum absolute atomic E-state index is 11.7. The van der Waals surface area contributed by atoms with Crippen LogP contribution in [0.4, 0.5) is 10.5 Å². The Labute approximate surface area is 135 Å². The van der Waals surface area contributed by atoms with Gasteiger partial charge in [0, 0.05) is 5.69 Å². The Balaban J connectivity index is 2.42. The van der Waals surface area contributed by atoms with Gasteiger partial charge in [0.15, 0.2) is 0 Å². The van der Waals surface area contributed by atoms with Crippen molar-refractivity contribution in [3.05, 3.63) is 29.8 Å². The standard InChI is InChI=1S/C16H23N3O4/c1-10(2)7-13(15(21)22)19-14(20)9-17-16(23)18-12-6-4-5-11(3)8-12/h4-6,8,10,13H,7,9H2,1-3H3,(H,19,20)(H,21,22)(H2,17,18,23)/t13-/m0/s1. The molecule has 23 heavy (non-hydrogen) atoms. The quantitative estimate of drug-likeness (QED) is 0.613. The third kappa shape index (κ3) is 7.30. The van der Waals surface area contributed by atoms with Gasteiger partial charge in [0.2, 0.25) is 5.91 Å². The summed E-state index contributed by atoms with van der Waals surface area (Å²) in [7, 11) is 0. The Morgan fingerprint density at radius 2 is 1.91 bits per heavy atom.